The number of hydrogen-bond donors (Lipinski definition) is 0. The van der Waals surface area contributed by atoms with Gasteiger partial charge in [0.2, 0.25) is 5.82 Å². The molecule has 2 aromatic rings. The van der Waals surface area contributed by atoms with Gasteiger partial charge in [0, 0.05) is 6.20 Å². The lowest BCUT2D eigenvalue weighted by molar-refractivity contribution is -0.137. The van der Waals surface area contributed by atoms with Crippen LogP contribution in [0.2, 0.25) is 5.02 Å². The average molecular weight is 272 g/mol. The molecule has 3 nitrogen and oxygen atoms in total. The molecule has 2 rings (SSSR count). The summed E-state index contributed by atoms with van der Waals surface area (Å²) in [7, 11) is 0. The quantitative estimate of drug-likeness (QED) is 0.745. The van der Waals surface area contributed by atoms with Crippen LogP contribution >= 0.6 is 11.6 Å². The van der Waals surface area contributed by atoms with E-state index in [9.17, 15) is 22.0 Å². The first-order valence-electron chi connectivity index (χ1n) is 4.20. The van der Waals surface area contributed by atoms with Gasteiger partial charge in [-0.3, -0.25) is 0 Å². The van der Waals surface area contributed by atoms with Gasteiger partial charge < -0.3 is 0 Å². The molecule has 2 aromatic heterocycles. The largest absolute Gasteiger partial charge is 0.417 e. The van der Waals surface area contributed by atoms with E-state index >= 15 is 0 Å². The lowest BCUT2D eigenvalue weighted by atomic mass is 10.3. The zero-order valence-electron chi connectivity index (χ0n) is 7.84. The summed E-state index contributed by atoms with van der Waals surface area (Å²) in [5.41, 5.74) is -1.32. The van der Waals surface area contributed by atoms with E-state index in [1.54, 1.807) is 0 Å². The van der Waals surface area contributed by atoms with Crippen molar-refractivity contribution in [2.24, 2.45) is 0 Å². The predicted molar refractivity (Wildman–Crippen MR) is 48.0 cm³/mol. The van der Waals surface area contributed by atoms with E-state index < -0.39 is 24.0 Å². The Labute approximate surface area is 95.8 Å². The molecular formula is C8H3ClF5N3. The molecule has 0 bridgehead atoms. The molecule has 0 spiro atoms. The summed E-state index contributed by atoms with van der Waals surface area (Å²) in [6.07, 6.45) is -7.05. The Hall–Kier alpha value is -1.44. The molecule has 0 amide bonds. The third-order valence-corrected chi connectivity index (χ3v) is 2.21. The lowest BCUT2D eigenvalue weighted by Crippen LogP contribution is -2.07. The van der Waals surface area contributed by atoms with Crippen LogP contribution < -0.4 is 0 Å². The average Bonchev–Trinajstić information content (AvgIpc) is 2.60. The van der Waals surface area contributed by atoms with E-state index in [0.717, 1.165) is 0 Å². The van der Waals surface area contributed by atoms with Gasteiger partial charge in [-0.25, -0.2) is 18.3 Å². The Morgan fingerprint density at radius 3 is 2.47 bits per heavy atom. The van der Waals surface area contributed by atoms with Crippen LogP contribution in [0.25, 0.3) is 5.65 Å². The molecule has 2 heterocycles. The van der Waals surface area contributed by atoms with E-state index in [1.807, 2.05) is 0 Å². The summed E-state index contributed by atoms with van der Waals surface area (Å²) >= 11 is 5.52. The van der Waals surface area contributed by atoms with Crippen LogP contribution in [-0.2, 0) is 6.18 Å². The van der Waals surface area contributed by atoms with Gasteiger partial charge in [-0.15, -0.1) is 5.10 Å². The van der Waals surface area contributed by atoms with Crippen molar-refractivity contribution in [2.75, 3.05) is 0 Å². The molecule has 0 aromatic carbocycles. The van der Waals surface area contributed by atoms with Gasteiger partial charge in [0.25, 0.3) is 6.43 Å². The van der Waals surface area contributed by atoms with Gasteiger partial charge in [0.1, 0.15) is 0 Å². The second-order valence-corrected chi connectivity index (χ2v) is 3.52. The summed E-state index contributed by atoms with van der Waals surface area (Å²) in [6.45, 7) is 0. The van der Waals surface area contributed by atoms with Crippen molar-refractivity contribution in [2.45, 2.75) is 12.6 Å². The molecular weight excluding hydrogens is 269 g/mol. The Kier molecular flexibility index (Phi) is 2.69. The highest BCUT2D eigenvalue weighted by atomic mass is 35.5. The van der Waals surface area contributed by atoms with Gasteiger partial charge in [0.05, 0.1) is 10.6 Å². The Balaban J connectivity index is 2.65. The van der Waals surface area contributed by atoms with Crippen molar-refractivity contribution in [1.82, 2.24) is 14.6 Å². The first-order valence-corrected chi connectivity index (χ1v) is 4.58. The van der Waals surface area contributed by atoms with Crippen molar-refractivity contribution in [3.63, 3.8) is 0 Å². The third-order valence-electron chi connectivity index (χ3n) is 1.93. The number of rotatable bonds is 1. The van der Waals surface area contributed by atoms with Crippen molar-refractivity contribution in [1.29, 1.82) is 0 Å². The molecule has 9 heteroatoms. The minimum atomic E-state index is -4.63. The number of pyridine rings is 1. The predicted octanol–water partition coefficient (Wildman–Crippen LogP) is 3.34. The molecule has 0 saturated carbocycles. The highest BCUT2D eigenvalue weighted by Gasteiger charge is 2.32. The molecule has 0 radical (unpaired) electrons. The molecule has 0 aliphatic carbocycles. The Morgan fingerprint density at radius 1 is 1.29 bits per heavy atom. The second-order valence-electron chi connectivity index (χ2n) is 3.11. The Morgan fingerprint density at radius 2 is 1.94 bits per heavy atom. The molecule has 0 N–H and O–H groups in total. The monoisotopic (exact) mass is 271 g/mol. The van der Waals surface area contributed by atoms with Gasteiger partial charge in [-0.1, -0.05) is 11.6 Å². The summed E-state index contributed by atoms with van der Waals surface area (Å²) in [6, 6.07) is 0.612. The number of fused-ring (bicyclic) bond motifs is 1. The highest BCUT2D eigenvalue weighted by Crippen LogP contribution is 2.32. The molecule has 0 fully saturated rings. The molecule has 0 unspecified atom stereocenters. The summed E-state index contributed by atoms with van der Waals surface area (Å²) in [5, 5.41) is 2.83. The van der Waals surface area contributed by atoms with Crippen LogP contribution in [0.4, 0.5) is 22.0 Å². The number of hydrogen-bond acceptors (Lipinski definition) is 2. The lowest BCUT2D eigenvalue weighted by Gasteiger charge is -2.06. The van der Waals surface area contributed by atoms with Gasteiger partial charge in [0.15, 0.2) is 5.65 Å². The SMILES string of the molecule is FC(F)c1nc2c(Cl)cc(C(F)(F)F)cn2n1. The smallest absolute Gasteiger partial charge is 0.219 e. The normalized spacial score (nSPS) is 12.6. The maximum Gasteiger partial charge on any atom is 0.417 e. The molecule has 0 aliphatic rings. The fraction of sp³-hybridized carbons (Fsp3) is 0.250. The van der Waals surface area contributed by atoms with E-state index in [1.165, 1.54) is 0 Å². The minimum Gasteiger partial charge on any atom is -0.219 e. The molecule has 17 heavy (non-hydrogen) atoms. The maximum atomic E-state index is 12.4. The van der Waals surface area contributed by atoms with Crippen LogP contribution in [0.15, 0.2) is 12.3 Å². The molecule has 92 valence electrons. The fourth-order valence-corrected chi connectivity index (χ4v) is 1.46. The van der Waals surface area contributed by atoms with Crippen LogP contribution in [0.5, 0.6) is 0 Å². The first-order chi connectivity index (χ1) is 7.79. The Bertz CT molecular complexity index is 562. The van der Waals surface area contributed by atoms with Crippen molar-refractivity contribution >= 4 is 17.2 Å². The number of alkyl halides is 5. The van der Waals surface area contributed by atoms with E-state index in [-0.39, 0.29) is 10.7 Å². The van der Waals surface area contributed by atoms with Crippen molar-refractivity contribution in [3.05, 3.63) is 28.7 Å². The molecule has 0 saturated heterocycles. The van der Waals surface area contributed by atoms with E-state index in [4.69, 9.17) is 11.6 Å². The number of halogens is 6. The van der Waals surface area contributed by atoms with Crippen LogP contribution in [0.3, 0.4) is 0 Å². The summed E-state index contributed by atoms with van der Waals surface area (Å²) in [4.78, 5) is 3.34. The van der Waals surface area contributed by atoms with Crippen LogP contribution in [0.1, 0.15) is 17.8 Å². The second kappa shape index (κ2) is 3.80. The maximum absolute atomic E-state index is 12.4. The van der Waals surface area contributed by atoms with Gasteiger partial charge in [-0.05, 0) is 6.07 Å². The van der Waals surface area contributed by atoms with Crippen molar-refractivity contribution < 1.29 is 22.0 Å². The highest BCUT2D eigenvalue weighted by molar-refractivity contribution is 6.33. The third kappa shape index (κ3) is 2.17. The van der Waals surface area contributed by atoms with Gasteiger partial charge >= 0.3 is 6.18 Å². The van der Waals surface area contributed by atoms with E-state index in [2.05, 4.69) is 10.1 Å². The van der Waals surface area contributed by atoms with Crippen LogP contribution in [-0.4, -0.2) is 14.6 Å². The molecule has 0 atom stereocenters. The topological polar surface area (TPSA) is 30.2 Å². The van der Waals surface area contributed by atoms with Gasteiger partial charge in [-0.2, -0.15) is 13.2 Å². The zero-order chi connectivity index (χ0) is 12.8. The van der Waals surface area contributed by atoms with E-state index in [0.29, 0.717) is 16.8 Å². The fourth-order valence-electron chi connectivity index (χ4n) is 1.21. The number of aromatic nitrogens is 3. The summed E-state index contributed by atoms with van der Waals surface area (Å²) < 4.78 is 62.3. The minimum absolute atomic E-state index is 0.241. The standard InChI is InChI=1S/C8H3ClF5N3/c9-4-1-3(8(12,13)14)2-17-7(4)15-6(16-17)5(10)11/h1-2,5H. The molecule has 0 aliphatic heterocycles. The zero-order valence-corrected chi connectivity index (χ0v) is 8.60. The van der Waals surface area contributed by atoms with Crippen molar-refractivity contribution in [3.8, 4) is 0 Å². The number of nitrogens with zero attached hydrogens (tertiary/aromatic N) is 3. The summed E-state index contributed by atoms with van der Waals surface area (Å²) in [5.74, 6) is -0.869. The first kappa shape index (κ1) is 12.0. The van der Waals surface area contributed by atoms with Crippen LogP contribution in [0, 0.1) is 0 Å².